The number of carbonyl (C=O) groups excluding carboxylic acids is 3. The number of ether oxygens (including phenoxy) is 10. The number of nitrogens with zero attached hydrogens (tertiary/aromatic N) is 3. The number of methoxy groups -OCH3 is 1. The molecule has 0 N–H and O–H groups in total. The average molecular weight is 778 g/mol. The highest BCUT2D eigenvalue weighted by atomic mass is 16.7. The molecule has 16 nitrogen and oxygen atoms in total. The van der Waals surface area contributed by atoms with Gasteiger partial charge in [-0.15, -0.1) is 0 Å². The Balaban J connectivity index is 1.47. The summed E-state index contributed by atoms with van der Waals surface area (Å²) in [6.45, 7) is 3.42. The van der Waals surface area contributed by atoms with Gasteiger partial charge in [0.25, 0.3) is 0 Å². The maximum atomic E-state index is 12.3. The number of rotatable bonds is 18. The van der Waals surface area contributed by atoms with Crippen molar-refractivity contribution < 1.29 is 61.8 Å². The molecule has 0 amide bonds. The molecule has 0 saturated carbocycles. The Morgan fingerprint density at radius 1 is 0.589 bits per heavy atom. The maximum absolute atomic E-state index is 12.3. The predicted octanol–water partition coefficient (Wildman–Crippen LogP) is 4.96. The Labute approximate surface area is 324 Å². The van der Waals surface area contributed by atoms with Crippen molar-refractivity contribution in [3.8, 4) is 0 Å². The zero-order valence-electron chi connectivity index (χ0n) is 31.6. The fraction of sp³-hybridized carbons (Fsp3) is 0.475. The number of benzene rings is 3. The highest BCUT2D eigenvalue weighted by molar-refractivity contribution is 5.68. The molecule has 2 aliphatic heterocycles. The molecule has 2 aliphatic rings. The minimum absolute atomic E-state index is 0.171. The van der Waals surface area contributed by atoms with Gasteiger partial charge in [-0.1, -0.05) is 96.1 Å². The largest absolute Gasteiger partial charge is 0.463 e. The van der Waals surface area contributed by atoms with Gasteiger partial charge in [-0.25, -0.2) is 0 Å². The second-order valence-electron chi connectivity index (χ2n) is 13.1. The van der Waals surface area contributed by atoms with Crippen LogP contribution in [0.4, 0.5) is 0 Å². The number of esters is 3. The fourth-order valence-corrected chi connectivity index (χ4v) is 6.46. The average Bonchev–Trinajstić information content (AvgIpc) is 3.19. The van der Waals surface area contributed by atoms with Crippen LogP contribution in [0.1, 0.15) is 37.5 Å². The smallest absolute Gasteiger partial charge is 0.303 e. The highest BCUT2D eigenvalue weighted by Gasteiger charge is 2.53. The molecule has 300 valence electrons. The van der Waals surface area contributed by atoms with E-state index in [2.05, 4.69) is 10.0 Å². The monoisotopic (exact) mass is 777 g/mol. The zero-order chi connectivity index (χ0) is 39.9. The first-order valence-electron chi connectivity index (χ1n) is 18.1. The van der Waals surface area contributed by atoms with Crippen LogP contribution < -0.4 is 0 Å². The lowest BCUT2D eigenvalue weighted by Crippen LogP contribution is -2.63. The van der Waals surface area contributed by atoms with E-state index in [1.165, 1.54) is 14.0 Å². The number of hydrogen-bond acceptors (Lipinski definition) is 14. The van der Waals surface area contributed by atoms with Gasteiger partial charge in [0, 0.05) is 32.8 Å². The third kappa shape index (κ3) is 12.0. The van der Waals surface area contributed by atoms with Crippen LogP contribution in [0.25, 0.3) is 10.4 Å². The second kappa shape index (κ2) is 21.4. The van der Waals surface area contributed by atoms with Gasteiger partial charge in [0.05, 0.1) is 26.4 Å². The summed E-state index contributed by atoms with van der Waals surface area (Å²) in [4.78, 5) is 39.2. The summed E-state index contributed by atoms with van der Waals surface area (Å²) in [5, 5.41) is 3.83. The van der Waals surface area contributed by atoms with E-state index < -0.39 is 85.9 Å². The van der Waals surface area contributed by atoms with E-state index in [1.54, 1.807) is 0 Å². The molecule has 2 heterocycles. The van der Waals surface area contributed by atoms with E-state index in [-0.39, 0.29) is 26.4 Å². The fourth-order valence-electron chi connectivity index (χ4n) is 6.46. The summed E-state index contributed by atoms with van der Waals surface area (Å²) in [7, 11) is 1.49. The maximum Gasteiger partial charge on any atom is 0.303 e. The summed E-state index contributed by atoms with van der Waals surface area (Å²) < 4.78 is 60.8. The third-order valence-corrected chi connectivity index (χ3v) is 8.96. The van der Waals surface area contributed by atoms with E-state index >= 15 is 0 Å². The molecule has 3 aromatic carbocycles. The molecule has 56 heavy (non-hydrogen) atoms. The summed E-state index contributed by atoms with van der Waals surface area (Å²) >= 11 is 0. The lowest BCUT2D eigenvalue weighted by atomic mass is 9.96. The van der Waals surface area contributed by atoms with Gasteiger partial charge in [0.15, 0.2) is 24.8 Å². The summed E-state index contributed by atoms with van der Waals surface area (Å²) in [5.41, 5.74) is 12.3. The van der Waals surface area contributed by atoms with Crippen molar-refractivity contribution in [1.29, 1.82) is 0 Å². The highest BCUT2D eigenvalue weighted by Crippen LogP contribution is 2.34. The molecule has 0 radical (unpaired) electrons. The van der Waals surface area contributed by atoms with Gasteiger partial charge in [-0.3, -0.25) is 14.4 Å². The summed E-state index contributed by atoms with van der Waals surface area (Å²) in [6.07, 6.45) is -9.61. The molecule has 2 saturated heterocycles. The second-order valence-corrected chi connectivity index (χ2v) is 13.1. The first-order chi connectivity index (χ1) is 27.2. The quantitative estimate of drug-likeness (QED) is 0.0554. The number of carbonyl (C=O) groups is 3. The first kappa shape index (κ1) is 42.2. The lowest BCUT2D eigenvalue weighted by molar-refractivity contribution is -0.334. The van der Waals surface area contributed by atoms with Gasteiger partial charge in [-0.05, 0) is 22.2 Å². The van der Waals surface area contributed by atoms with Crippen LogP contribution in [0, 0.1) is 0 Å². The van der Waals surface area contributed by atoms with Gasteiger partial charge in [0.1, 0.15) is 43.2 Å². The van der Waals surface area contributed by atoms with Crippen LogP contribution in [0.15, 0.2) is 96.1 Å². The predicted molar refractivity (Wildman–Crippen MR) is 196 cm³/mol. The van der Waals surface area contributed by atoms with Crippen molar-refractivity contribution in [2.24, 2.45) is 5.11 Å². The van der Waals surface area contributed by atoms with E-state index in [0.29, 0.717) is 0 Å². The molecule has 16 heteroatoms. The van der Waals surface area contributed by atoms with E-state index in [4.69, 9.17) is 47.4 Å². The van der Waals surface area contributed by atoms with Crippen molar-refractivity contribution in [3.05, 3.63) is 118 Å². The van der Waals surface area contributed by atoms with Crippen LogP contribution in [-0.4, -0.2) is 99.6 Å². The van der Waals surface area contributed by atoms with Crippen molar-refractivity contribution in [2.75, 3.05) is 20.3 Å². The molecule has 5 rings (SSSR count). The minimum Gasteiger partial charge on any atom is -0.463 e. The van der Waals surface area contributed by atoms with Crippen molar-refractivity contribution in [3.63, 3.8) is 0 Å². The summed E-state index contributed by atoms with van der Waals surface area (Å²) in [6, 6.07) is 27.5. The Kier molecular flexibility index (Phi) is 16.2. The zero-order valence-corrected chi connectivity index (χ0v) is 31.6. The van der Waals surface area contributed by atoms with Crippen LogP contribution in [0.5, 0.6) is 0 Å². The molecule has 1 unspecified atom stereocenters. The van der Waals surface area contributed by atoms with Crippen LogP contribution in [0.2, 0.25) is 0 Å². The Morgan fingerprint density at radius 3 is 1.54 bits per heavy atom. The molecule has 0 bridgehead atoms. The molecular weight excluding hydrogens is 730 g/mol. The van der Waals surface area contributed by atoms with Gasteiger partial charge < -0.3 is 47.4 Å². The van der Waals surface area contributed by atoms with Crippen molar-refractivity contribution in [1.82, 2.24) is 0 Å². The minimum atomic E-state index is -1.42. The van der Waals surface area contributed by atoms with Crippen molar-refractivity contribution in [2.45, 2.75) is 102 Å². The normalized spacial score (nSPS) is 27.4. The summed E-state index contributed by atoms with van der Waals surface area (Å²) in [5.74, 6) is -2.14. The standard InChI is InChI=1S/C40H47N3O13/c1-25(44)48-23-32-35(53-26(2)45)36(54-27(3)46)33(42-43-41)39(55-32)52-24-31-34(49-20-28-14-8-5-9-15-28)37(50-21-29-16-10-6-11-17-29)38(40(47-4)56-31)51-22-30-18-12-7-13-19-30/h5-19,31-40H,20-24H2,1-4H3/t31-,32-,33-,34-,35-,36-,37+,38-,39?,40+/m1/s1. The molecule has 0 spiro atoms. The Hall–Kier alpha value is -4.90. The van der Waals surface area contributed by atoms with Crippen LogP contribution in [-0.2, 0) is 81.6 Å². The van der Waals surface area contributed by atoms with Crippen LogP contribution >= 0.6 is 0 Å². The topological polar surface area (TPSA) is 192 Å². The molecule has 10 atom stereocenters. The van der Waals surface area contributed by atoms with Crippen molar-refractivity contribution >= 4 is 17.9 Å². The van der Waals surface area contributed by atoms with E-state index in [9.17, 15) is 19.9 Å². The SMILES string of the molecule is CO[C@H]1O[C@H](COC2O[C@H](COC(C)=O)[C@@H](OC(C)=O)[C@H](OC(C)=O)[C@H]2N=[N+]=[N-])[C@@H](OCc2ccccc2)[C@H](OCc2ccccc2)[C@H]1OCc1ccccc1. The van der Waals surface area contributed by atoms with Gasteiger partial charge in [0.2, 0.25) is 0 Å². The Morgan fingerprint density at radius 2 is 1.05 bits per heavy atom. The molecular formula is C40H47N3O13. The van der Waals surface area contributed by atoms with Gasteiger partial charge >= 0.3 is 17.9 Å². The molecule has 0 aromatic heterocycles. The van der Waals surface area contributed by atoms with Crippen LogP contribution in [0.3, 0.4) is 0 Å². The number of azide groups is 1. The molecule has 0 aliphatic carbocycles. The molecule has 2 fully saturated rings. The lowest BCUT2D eigenvalue weighted by Gasteiger charge is -2.47. The van der Waals surface area contributed by atoms with E-state index in [1.807, 2.05) is 91.0 Å². The number of hydrogen-bond donors (Lipinski definition) is 0. The van der Waals surface area contributed by atoms with E-state index in [0.717, 1.165) is 30.5 Å². The third-order valence-electron chi connectivity index (χ3n) is 8.96. The first-order valence-corrected chi connectivity index (χ1v) is 18.1. The Bertz CT molecular complexity index is 1730. The van der Waals surface area contributed by atoms with Gasteiger partial charge in [-0.2, -0.15) is 0 Å². The molecule has 3 aromatic rings.